The van der Waals surface area contributed by atoms with Crippen LogP contribution in [0.2, 0.25) is 0 Å². The molecule has 0 aliphatic heterocycles. The number of hydrogen-bond acceptors (Lipinski definition) is 2. The molecule has 0 spiro atoms. The molecule has 0 fully saturated rings. The van der Waals surface area contributed by atoms with Gasteiger partial charge in [-0.3, -0.25) is 0 Å². The van der Waals surface area contributed by atoms with E-state index in [0.29, 0.717) is 0 Å². The molecule has 0 aromatic rings. The molecule has 0 aromatic carbocycles. The van der Waals surface area contributed by atoms with Gasteiger partial charge in [0.15, 0.2) is 0 Å². The Bertz CT molecular complexity index is 26.8. The first kappa shape index (κ1) is 16.1. The van der Waals surface area contributed by atoms with Crippen molar-refractivity contribution in [1.82, 2.24) is 0 Å². The van der Waals surface area contributed by atoms with Crippen molar-refractivity contribution in [2.75, 3.05) is 0 Å². The van der Waals surface area contributed by atoms with Gasteiger partial charge in [0.2, 0.25) is 0 Å². The summed E-state index contributed by atoms with van der Waals surface area (Å²) in [5.74, 6) is 0. The molecule has 0 radical (unpaired) electrons. The molecule has 25 valence electrons. The monoisotopic (exact) mass is 138 g/mol. The Kier molecular flexibility index (Phi) is 166. The molecule has 0 atom stereocenters. The van der Waals surface area contributed by atoms with Crippen molar-refractivity contribution < 1.29 is 72.6 Å². The van der Waals surface area contributed by atoms with Gasteiger partial charge in [0.05, 0.1) is 0 Å². The van der Waals surface area contributed by atoms with E-state index in [0.717, 1.165) is 0 Å². The van der Waals surface area contributed by atoms with Crippen LogP contribution < -0.4 is 51.4 Å². The van der Waals surface area contributed by atoms with Crippen LogP contribution >= 0.6 is 0 Å². The zero-order valence-electron chi connectivity index (χ0n) is 3.71. The molecule has 0 N–H and O–H groups in total. The molecule has 5 heavy (non-hydrogen) atoms. The van der Waals surface area contributed by atoms with Gasteiger partial charge in [-0.1, -0.05) is 0 Å². The van der Waals surface area contributed by atoms with E-state index >= 15 is 0 Å². The predicted octanol–water partition coefficient (Wildman–Crippen LogP) is -2.91. The average Bonchev–Trinajstić information content (AvgIpc) is 1.50. The van der Waals surface area contributed by atoms with Crippen molar-refractivity contribution in [3.63, 3.8) is 0 Å². The molecule has 0 aliphatic carbocycles. The summed E-state index contributed by atoms with van der Waals surface area (Å²) in [7, 11) is 0. The van der Waals surface area contributed by atoms with E-state index in [9.17, 15) is 0 Å². The minimum absolute atomic E-state index is 0. The van der Waals surface area contributed by atoms with Crippen LogP contribution in [-0.2, 0) is 19.8 Å². The average molecular weight is 138 g/mol. The van der Waals surface area contributed by atoms with Gasteiger partial charge in [0, 0.05) is 0 Å². The molecule has 0 rings (SSSR count). The van der Waals surface area contributed by atoms with Gasteiger partial charge in [-0.2, -0.15) is 0 Å². The Hall–Kier alpha value is 1.45. The standard InChI is InChI=1S/CN.Fe.K.O.H/c1-2;;;;/q-1;2*+1;;-1. The fraction of sp³-hybridized carbons (Fsp3) is 0. The first-order valence-electron chi connectivity index (χ1n) is 0.368. The molecule has 0 heterocycles. The van der Waals surface area contributed by atoms with Crippen molar-refractivity contribution in [1.29, 1.82) is 5.26 Å². The third-order valence-corrected chi connectivity index (χ3v) is 0. The van der Waals surface area contributed by atoms with Gasteiger partial charge in [-0.15, -0.1) is 0 Å². The third kappa shape index (κ3) is 30.9. The van der Waals surface area contributed by atoms with Crippen LogP contribution in [0.4, 0.5) is 0 Å². The second-order valence-corrected chi connectivity index (χ2v) is 0. The summed E-state index contributed by atoms with van der Waals surface area (Å²) in [6.07, 6.45) is 0. The van der Waals surface area contributed by atoms with Crippen molar-refractivity contribution in [2.45, 2.75) is 0 Å². The fourth-order valence-corrected chi connectivity index (χ4v) is 0. The summed E-state index contributed by atoms with van der Waals surface area (Å²) in [5, 5.41) is 6.25. The topological polar surface area (TPSA) is 40.9 Å². The maximum atomic E-state index is 8.00. The van der Waals surface area contributed by atoms with E-state index in [4.69, 9.17) is 15.7 Å². The summed E-state index contributed by atoms with van der Waals surface area (Å²) in [6, 6.07) is 0. The van der Waals surface area contributed by atoms with Gasteiger partial charge in [-0.05, 0) is 0 Å². The molecule has 0 saturated heterocycles. The Labute approximate surface area is 82.9 Å². The van der Waals surface area contributed by atoms with E-state index < -0.39 is 0 Å². The maximum absolute atomic E-state index is 8.00. The Balaban J connectivity index is -0.00000000500. The third-order valence-electron chi connectivity index (χ3n) is 0. The molecule has 0 amide bonds. The molecular weight excluding hydrogens is 137 g/mol. The predicted molar refractivity (Wildman–Crippen MR) is 6.77 cm³/mol. The molecule has 0 aromatic heterocycles. The summed E-state index contributed by atoms with van der Waals surface area (Å²) in [4.78, 5) is 0. The van der Waals surface area contributed by atoms with Crippen LogP contribution in [0.15, 0.2) is 0 Å². The molecule has 4 heteroatoms. The van der Waals surface area contributed by atoms with Gasteiger partial charge in [-0.25, -0.2) is 0 Å². The number of nitrogens with zero attached hydrogens (tertiary/aromatic N) is 1. The number of rotatable bonds is 0. The van der Waals surface area contributed by atoms with Crippen LogP contribution in [0.25, 0.3) is 0 Å². The molecule has 0 unspecified atom stereocenters. The van der Waals surface area contributed by atoms with Crippen molar-refractivity contribution in [3.05, 3.63) is 6.57 Å². The van der Waals surface area contributed by atoms with Crippen molar-refractivity contribution in [2.24, 2.45) is 0 Å². The zero-order valence-corrected chi connectivity index (χ0v) is 6.94. The minimum atomic E-state index is 0. The van der Waals surface area contributed by atoms with Gasteiger partial charge in [0.25, 0.3) is 0 Å². The van der Waals surface area contributed by atoms with Crippen LogP contribution in [0.3, 0.4) is 0 Å². The SMILES string of the molecule is [C-]#N.[H-].[K+].[O]=[Fe+]. The Morgan fingerprint density at radius 3 is 1.60 bits per heavy atom. The first-order chi connectivity index (χ1) is 2.00. The van der Waals surface area contributed by atoms with E-state index in [1.807, 2.05) is 15.9 Å². The fourth-order valence-electron chi connectivity index (χ4n) is 0. The van der Waals surface area contributed by atoms with E-state index in [-0.39, 0.29) is 52.8 Å². The molecule has 0 aliphatic rings. The number of hydrogen-bond donors (Lipinski definition) is 0. The zero-order chi connectivity index (χ0) is 4.00. The molecule has 0 bridgehead atoms. The summed E-state index contributed by atoms with van der Waals surface area (Å²) < 4.78 is 8.00. The van der Waals surface area contributed by atoms with Crippen LogP contribution in [0.1, 0.15) is 1.43 Å². The Morgan fingerprint density at radius 1 is 1.60 bits per heavy atom. The van der Waals surface area contributed by atoms with Gasteiger partial charge in [0.1, 0.15) is 0 Å². The van der Waals surface area contributed by atoms with Crippen LogP contribution in [0.5, 0.6) is 0 Å². The van der Waals surface area contributed by atoms with Crippen LogP contribution in [-0.4, -0.2) is 0 Å². The second-order valence-electron chi connectivity index (χ2n) is 0. The van der Waals surface area contributed by atoms with E-state index in [2.05, 4.69) is 0 Å². The van der Waals surface area contributed by atoms with E-state index in [1.54, 1.807) is 0 Å². The molecule has 0 saturated carbocycles. The second kappa shape index (κ2) is 51.5. The van der Waals surface area contributed by atoms with Crippen molar-refractivity contribution >= 4 is 0 Å². The first-order valence-corrected chi connectivity index (χ1v) is 0.819. The van der Waals surface area contributed by atoms with Gasteiger partial charge < -0.3 is 13.3 Å². The summed E-state index contributed by atoms with van der Waals surface area (Å²) in [6.45, 7) is 4.75. The quantitative estimate of drug-likeness (QED) is 0.266. The van der Waals surface area contributed by atoms with Gasteiger partial charge >= 0.3 is 71.2 Å². The summed E-state index contributed by atoms with van der Waals surface area (Å²) >= 11 is 2.00. The normalized spacial score (nSPS) is 1.20. The Morgan fingerprint density at radius 2 is 1.60 bits per heavy atom. The van der Waals surface area contributed by atoms with E-state index in [1.165, 1.54) is 0 Å². The van der Waals surface area contributed by atoms with Crippen molar-refractivity contribution in [3.8, 4) is 0 Å². The summed E-state index contributed by atoms with van der Waals surface area (Å²) in [5.41, 5.74) is 0. The molecule has 2 nitrogen and oxygen atoms in total. The van der Waals surface area contributed by atoms with Crippen LogP contribution in [0, 0.1) is 11.8 Å². The molecular formula is CHFeKNO.